The minimum atomic E-state index is -0.765. The first-order chi connectivity index (χ1) is 9.56. The Morgan fingerprint density at radius 3 is 2.50 bits per heavy atom. The lowest BCUT2D eigenvalue weighted by Gasteiger charge is -2.32. The smallest absolute Gasteiger partial charge is 0.165 e. The van der Waals surface area contributed by atoms with Crippen LogP contribution in [-0.4, -0.2) is 41.6 Å². The Morgan fingerprint density at radius 1 is 1.30 bits per heavy atom. The summed E-state index contributed by atoms with van der Waals surface area (Å²) in [5.41, 5.74) is -0.376. The lowest BCUT2D eigenvalue weighted by atomic mass is 9.94. The molecule has 0 bridgehead atoms. The van der Waals surface area contributed by atoms with Crippen LogP contribution >= 0.6 is 0 Å². The van der Waals surface area contributed by atoms with E-state index in [4.69, 9.17) is 4.74 Å². The molecule has 0 aliphatic carbocycles. The molecule has 1 aromatic carbocycles. The van der Waals surface area contributed by atoms with Gasteiger partial charge in [0.25, 0.3) is 0 Å². The predicted octanol–water partition coefficient (Wildman–Crippen LogP) is 1.71. The fraction of sp³-hybridized carbons (Fsp3) is 0.600. The summed E-state index contributed by atoms with van der Waals surface area (Å²) in [5.74, 6) is -0.314. The summed E-state index contributed by atoms with van der Waals surface area (Å²) in [7, 11) is 0. The van der Waals surface area contributed by atoms with Crippen LogP contribution in [-0.2, 0) is 0 Å². The van der Waals surface area contributed by atoms with Gasteiger partial charge in [0.2, 0.25) is 0 Å². The van der Waals surface area contributed by atoms with E-state index in [-0.39, 0.29) is 31.0 Å². The van der Waals surface area contributed by atoms with Gasteiger partial charge >= 0.3 is 0 Å². The van der Waals surface area contributed by atoms with Gasteiger partial charge < -0.3 is 20.3 Å². The third kappa shape index (κ3) is 4.74. The molecule has 0 saturated carbocycles. The number of para-hydroxylation sites is 1. The van der Waals surface area contributed by atoms with Crippen LogP contribution in [0.4, 0.5) is 4.39 Å². The van der Waals surface area contributed by atoms with Crippen molar-refractivity contribution in [1.82, 2.24) is 5.32 Å². The summed E-state index contributed by atoms with van der Waals surface area (Å²) in [6, 6.07) is 6.09. The monoisotopic (exact) mass is 285 g/mol. The van der Waals surface area contributed by atoms with Gasteiger partial charge in [-0.2, -0.15) is 0 Å². The SMILES string of the molecule is CCC(CC)(CO)NCC(O)COc1ccccc1F. The number of nitrogens with one attached hydrogen (secondary N) is 1. The summed E-state index contributed by atoms with van der Waals surface area (Å²) in [6.45, 7) is 4.27. The van der Waals surface area contributed by atoms with Crippen molar-refractivity contribution in [2.75, 3.05) is 19.8 Å². The van der Waals surface area contributed by atoms with Gasteiger partial charge in [0, 0.05) is 12.1 Å². The first kappa shape index (κ1) is 16.9. The van der Waals surface area contributed by atoms with Gasteiger partial charge in [-0.15, -0.1) is 0 Å². The van der Waals surface area contributed by atoms with Crippen LogP contribution in [0.5, 0.6) is 5.75 Å². The molecule has 0 aromatic heterocycles. The third-order valence-corrected chi connectivity index (χ3v) is 3.64. The molecular weight excluding hydrogens is 261 g/mol. The summed E-state index contributed by atoms with van der Waals surface area (Å²) in [6.07, 6.45) is 0.764. The van der Waals surface area contributed by atoms with Crippen LogP contribution in [0.15, 0.2) is 24.3 Å². The number of rotatable bonds is 9. The van der Waals surface area contributed by atoms with Crippen LogP contribution in [0.1, 0.15) is 26.7 Å². The molecule has 20 heavy (non-hydrogen) atoms. The normalized spacial score (nSPS) is 13.2. The molecule has 1 rings (SSSR count). The highest BCUT2D eigenvalue weighted by atomic mass is 19.1. The van der Waals surface area contributed by atoms with E-state index in [1.165, 1.54) is 12.1 Å². The highest BCUT2D eigenvalue weighted by Gasteiger charge is 2.25. The molecule has 5 heteroatoms. The van der Waals surface area contributed by atoms with Crippen molar-refractivity contribution < 1.29 is 19.3 Å². The number of hydrogen-bond acceptors (Lipinski definition) is 4. The molecule has 0 aliphatic rings. The zero-order chi connectivity index (χ0) is 15.0. The average Bonchev–Trinajstić information content (AvgIpc) is 2.48. The number of ether oxygens (including phenoxy) is 1. The van der Waals surface area contributed by atoms with E-state index in [2.05, 4.69) is 5.32 Å². The van der Waals surface area contributed by atoms with Gasteiger partial charge in [0.1, 0.15) is 12.7 Å². The van der Waals surface area contributed by atoms with Gasteiger partial charge in [-0.25, -0.2) is 4.39 Å². The first-order valence-electron chi connectivity index (χ1n) is 6.98. The second-order valence-corrected chi connectivity index (χ2v) is 4.92. The average molecular weight is 285 g/mol. The maximum atomic E-state index is 13.3. The Labute approximate surface area is 119 Å². The molecule has 0 saturated heterocycles. The number of hydrogen-bond donors (Lipinski definition) is 3. The summed E-state index contributed by atoms with van der Waals surface area (Å²) < 4.78 is 18.6. The van der Waals surface area contributed by atoms with E-state index >= 15 is 0 Å². The zero-order valence-corrected chi connectivity index (χ0v) is 12.1. The number of benzene rings is 1. The van der Waals surface area contributed by atoms with Crippen LogP contribution in [0.25, 0.3) is 0 Å². The summed E-state index contributed by atoms with van der Waals surface area (Å²) in [5, 5.41) is 22.4. The van der Waals surface area contributed by atoms with Crippen molar-refractivity contribution in [3.63, 3.8) is 0 Å². The highest BCUT2D eigenvalue weighted by Crippen LogP contribution is 2.16. The third-order valence-electron chi connectivity index (χ3n) is 3.64. The van der Waals surface area contributed by atoms with Crippen LogP contribution in [0.3, 0.4) is 0 Å². The molecule has 1 unspecified atom stereocenters. The molecule has 114 valence electrons. The molecule has 0 heterocycles. The van der Waals surface area contributed by atoms with Crippen molar-refractivity contribution in [1.29, 1.82) is 0 Å². The fourth-order valence-electron chi connectivity index (χ4n) is 1.92. The number of halogens is 1. The maximum Gasteiger partial charge on any atom is 0.165 e. The Morgan fingerprint density at radius 2 is 1.95 bits per heavy atom. The van der Waals surface area contributed by atoms with Gasteiger partial charge in [-0.1, -0.05) is 26.0 Å². The quantitative estimate of drug-likeness (QED) is 0.646. The topological polar surface area (TPSA) is 61.7 Å². The second kappa shape index (κ2) is 8.19. The van der Waals surface area contributed by atoms with Crippen LogP contribution in [0.2, 0.25) is 0 Å². The molecule has 0 spiro atoms. The van der Waals surface area contributed by atoms with Crippen molar-refractivity contribution in [2.24, 2.45) is 0 Å². The van der Waals surface area contributed by atoms with Crippen molar-refractivity contribution in [3.8, 4) is 5.75 Å². The van der Waals surface area contributed by atoms with E-state index in [9.17, 15) is 14.6 Å². The molecule has 0 aliphatic heterocycles. The molecule has 3 N–H and O–H groups in total. The minimum Gasteiger partial charge on any atom is -0.488 e. The van der Waals surface area contributed by atoms with E-state index in [1.54, 1.807) is 12.1 Å². The lowest BCUT2D eigenvalue weighted by molar-refractivity contribution is 0.0799. The minimum absolute atomic E-state index is 0.00285. The van der Waals surface area contributed by atoms with E-state index in [0.29, 0.717) is 0 Å². The predicted molar refractivity (Wildman–Crippen MR) is 76.3 cm³/mol. The van der Waals surface area contributed by atoms with Crippen LogP contribution < -0.4 is 10.1 Å². The van der Waals surface area contributed by atoms with Crippen molar-refractivity contribution >= 4 is 0 Å². The van der Waals surface area contributed by atoms with Crippen LogP contribution in [0, 0.1) is 5.82 Å². The van der Waals surface area contributed by atoms with Gasteiger partial charge in [-0.3, -0.25) is 0 Å². The number of β-amino-alcohol motifs (C(OH)–C–C–N with tert-alkyl or cyclic N) is 1. The number of aliphatic hydroxyl groups is 2. The van der Waals surface area contributed by atoms with E-state index in [0.717, 1.165) is 12.8 Å². The van der Waals surface area contributed by atoms with Crippen molar-refractivity contribution in [3.05, 3.63) is 30.1 Å². The Bertz CT molecular complexity index is 388. The number of aliphatic hydroxyl groups excluding tert-OH is 2. The van der Waals surface area contributed by atoms with E-state index < -0.39 is 11.9 Å². The molecule has 1 aromatic rings. The first-order valence-corrected chi connectivity index (χ1v) is 6.98. The van der Waals surface area contributed by atoms with Gasteiger partial charge in [-0.05, 0) is 25.0 Å². The molecule has 4 nitrogen and oxygen atoms in total. The lowest BCUT2D eigenvalue weighted by Crippen LogP contribution is -2.50. The van der Waals surface area contributed by atoms with E-state index in [1.807, 2.05) is 13.8 Å². The maximum absolute atomic E-state index is 13.3. The molecule has 0 fully saturated rings. The zero-order valence-electron chi connectivity index (χ0n) is 12.1. The highest BCUT2D eigenvalue weighted by molar-refractivity contribution is 5.23. The van der Waals surface area contributed by atoms with Gasteiger partial charge in [0.15, 0.2) is 11.6 Å². The van der Waals surface area contributed by atoms with Gasteiger partial charge in [0.05, 0.1) is 6.61 Å². The molecular formula is C15H24FNO3. The standard InChI is InChI=1S/C15H24FNO3/c1-3-15(4-2,11-18)17-9-12(19)10-20-14-8-6-5-7-13(14)16/h5-8,12,17-19H,3-4,9-11H2,1-2H3. The van der Waals surface area contributed by atoms with Crippen molar-refractivity contribution in [2.45, 2.75) is 38.3 Å². The Balaban J connectivity index is 2.41. The Kier molecular flexibility index (Phi) is 6.91. The summed E-state index contributed by atoms with van der Waals surface area (Å²) in [4.78, 5) is 0. The second-order valence-electron chi connectivity index (χ2n) is 4.92. The summed E-state index contributed by atoms with van der Waals surface area (Å²) >= 11 is 0. The molecule has 0 radical (unpaired) electrons. The largest absolute Gasteiger partial charge is 0.488 e. The molecule has 0 amide bonds. The Hall–Kier alpha value is -1.17. The molecule has 1 atom stereocenters. The fourth-order valence-corrected chi connectivity index (χ4v) is 1.92.